The molecule has 0 aliphatic carbocycles. The molecule has 0 heterocycles. The topological polar surface area (TPSA) is 51.2 Å². The van der Waals surface area contributed by atoms with Crippen LogP contribution in [0.2, 0.25) is 0 Å². The van der Waals surface area contributed by atoms with Gasteiger partial charge < -0.3 is 0 Å². The number of Topliss-reactive ketones (excluding diaryl/α,β-unsaturated/α-hetero) is 1. The summed E-state index contributed by atoms with van der Waals surface area (Å²) in [6, 6.07) is 8.31. The van der Waals surface area contributed by atoms with Crippen molar-refractivity contribution in [1.29, 1.82) is 0 Å². The third kappa shape index (κ3) is 2.79. The van der Waals surface area contributed by atoms with Gasteiger partial charge in [0.1, 0.15) is 0 Å². The number of carbonyl (C=O) groups excluding carboxylic acids is 1. The lowest BCUT2D eigenvalue weighted by Crippen LogP contribution is -2.33. The summed E-state index contributed by atoms with van der Waals surface area (Å²) in [6.07, 6.45) is 1.02. The van der Waals surface area contributed by atoms with Gasteiger partial charge in [0.05, 0.1) is 0 Å². The maximum Gasteiger partial charge on any atom is 0.238 e. The van der Waals surface area contributed by atoms with E-state index in [4.69, 9.17) is 0 Å². The zero-order valence-electron chi connectivity index (χ0n) is 7.78. The van der Waals surface area contributed by atoms with Crippen LogP contribution in [0.5, 0.6) is 0 Å². The number of carbonyl (C=O) groups is 1. The predicted molar refractivity (Wildman–Crippen MR) is 71.3 cm³/mol. The molecule has 0 saturated carbocycles. The van der Waals surface area contributed by atoms with Crippen LogP contribution in [0.1, 0.15) is 10.4 Å². The standard InChI is InChI=1S/C9H8BrIO3S/c1-15(13,14)9(10,11)8(12)7-5-3-2-4-6-7/h2-6H,1H3. The monoisotopic (exact) mass is 402 g/mol. The molecule has 1 atom stereocenters. The molecule has 1 aromatic rings. The summed E-state index contributed by atoms with van der Waals surface area (Å²) in [5.74, 6) is -0.466. The summed E-state index contributed by atoms with van der Waals surface area (Å²) in [7, 11) is -3.50. The number of ketones is 1. The van der Waals surface area contributed by atoms with Gasteiger partial charge >= 0.3 is 0 Å². The van der Waals surface area contributed by atoms with Crippen molar-refractivity contribution in [1.82, 2.24) is 0 Å². The number of sulfone groups is 1. The molecule has 0 spiro atoms. The van der Waals surface area contributed by atoms with Crippen molar-refractivity contribution in [3.8, 4) is 0 Å². The maximum absolute atomic E-state index is 11.9. The number of halogens is 2. The van der Waals surface area contributed by atoms with Gasteiger partial charge in [0.25, 0.3) is 0 Å². The van der Waals surface area contributed by atoms with Crippen molar-refractivity contribution in [3.63, 3.8) is 0 Å². The van der Waals surface area contributed by atoms with E-state index in [0.717, 1.165) is 6.26 Å². The average molecular weight is 403 g/mol. The highest BCUT2D eigenvalue weighted by Crippen LogP contribution is 2.36. The van der Waals surface area contributed by atoms with Crippen LogP contribution in [0.4, 0.5) is 0 Å². The van der Waals surface area contributed by atoms with Crippen molar-refractivity contribution in [2.75, 3.05) is 6.26 Å². The van der Waals surface area contributed by atoms with Gasteiger partial charge in [0, 0.05) is 11.8 Å². The van der Waals surface area contributed by atoms with Gasteiger partial charge in [-0.05, 0) is 38.5 Å². The van der Waals surface area contributed by atoms with Crippen LogP contribution in [0.3, 0.4) is 0 Å². The molecule has 0 N–H and O–H groups in total. The Bertz CT molecular complexity index is 467. The highest BCUT2D eigenvalue weighted by atomic mass is 127. The Kier molecular flexibility index (Phi) is 3.94. The molecule has 82 valence electrons. The minimum absolute atomic E-state index is 0.370. The Morgan fingerprint density at radius 2 is 1.80 bits per heavy atom. The molecule has 6 heteroatoms. The highest BCUT2D eigenvalue weighted by Gasteiger charge is 2.43. The molecule has 0 fully saturated rings. The van der Waals surface area contributed by atoms with Crippen molar-refractivity contribution in [2.45, 2.75) is 1.66 Å². The van der Waals surface area contributed by atoms with E-state index in [1.54, 1.807) is 52.9 Å². The Morgan fingerprint density at radius 1 is 1.33 bits per heavy atom. The number of alkyl halides is 2. The van der Waals surface area contributed by atoms with Crippen LogP contribution in [0.15, 0.2) is 30.3 Å². The molecule has 0 amide bonds. The number of hydrogen-bond donors (Lipinski definition) is 0. The van der Waals surface area contributed by atoms with Gasteiger partial charge in [-0.25, -0.2) is 8.42 Å². The van der Waals surface area contributed by atoms with E-state index in [2.05, 4.69) is 15.9 Å². The molecule has 1 unspecified atom stereocenters. The minimum Gasteiger partial charge on any atom is -0.290 e. The molecule has 0 aliphatic rings. The molecular weight excluding hydrogens is 395 g/mol. The summed E-state index contributed by atoms with van der Waals surface area (Å²) in [5.41, 5.74) is 0.370. The zero-order valence-corrected chi connectivity index (χ0v) is 12.3. The second-order valence-corrected chi connectivity index (χ2v) is 10.7. The van der Waals surface area contributed by atoms with Gasteiger partial charge in [-0.15, -0.1) is 0 Å². The molecule has 0 aromatic heterocycles. The molecule has 15 heavy (non-hydrogen) atoms. The first-order chi connectivity index (χ1) is 6.77. The lowest BCUT2D eigenvalue weighted by Gasteiger charge is -2.16. The highest BCUT2D eigenvalue weighted by molar-refractivity contribution is 14.1. The van der Waals surface area contributed by atoms with E-state index in [0.29, 0.717) is 5.56 Å². The Morgan fingerprint density at radius 3 is 2.20 bits per heavy atom. The largest absolute Gasteiger partial charge is 0.290 e. The van der Waals surface area contributed by atoms with Crippen LogP contribution in [-0.4, -0.2) is 22.1 Å². The van der Waals surface area contributed by atoms with Gasteiger partial charge in [0.15, 0.2) is 9.84 Å². The smallest absolute Gasteiger partial charge is 0.238 e. The van der Waals surface area contributed by atoms with Crippen molar-refractivity contribution in [3.05, 3.63) is 35.9 Å². The van der Waals surface area contributed by atoms with Crippen LogP contribution >= 0.6 is 38.5 Å². The fraction of sp³-hybridized carbons (Fsp3) is 0.222. The third-order valence-corrected chi connectivity index (χ3v) is 7.90. The first-order valence-electron chi connectivity index (χ1n) is 3.94. The van der Waals surface area contributed by atoms with E-state index < -0.39 is 17.3 Å². The average Bonchev–Trinajstić information content (AvgIpc) is 2.16. The summed E-state index contributed by atoms with van der Waals surface area (Å²) >= 11 is 4.54. The van der Waals surface area contributed by atoms with Crippen LogP contribution < -0.4 is 0 Å². The van der Waals surface area contributed by atoms with E-state index >= 15 is 0 Å². The first kappa shape index (κ1) is 13.1. The Hall–Kier alpha value is 0.0500. The van der Waals surface area contributed by atoms with E-state index in [1.807, 2.05) is 0 Å². The molecule has 1 rings (SSSR count). The fourth-order valence-electron chi connectivity index (χ4n) is 0.926. The lowest BCUT2D eigenvalue weighted by atomic mass is 10.2. The zero-order chi connectivity index (χ0) is 11.7. The summed E-state index contributed by atoms with van der Waals surface area (Å²) in [4.78, 5) is 11.9. The van der Waals surface area contributed by atoms with Gasteiger partial charge in [-0.1, -0.05) is 30.3 Å². The molecule has 0 bridgehead atoms. The summed E-state index contributed by atoms with van der Waals surface area (Å²) in [6.45, 7) is 0. The molecular formula is C9H8BrIO3S. The van der Waals surface area contributed by atoms with Crippen molar-refractivity contribution >= 4 is 54.1 Å². The number of rotatable bonds is 3. The van der Waals surface area contributed by atoms with Gasteiger partial charge in [0.2, 0.25) is 7.45 Å². The quantitative estimate of drug-likeness (QED) is 0.443. The second-order valence-electron chi connectivity index (χ2n) is 2.98. The number of hydrogen-bond acceptors (Lipinski definition) is 3. The summed E-state index contributed by atoms with van der Waals surface area (Å²) < 4.78 is 21.2. The van der Waals surface area contributed by atoms with Crippen LogP contribution in [-0.2, 0) is 9.84 Å². The van der Waals surface area contributed by atoms with Crippen LogP contribution in [0, 0.1) is 0 Å². The maximum atomic E-state index is 11.9. The van der Waals surface area contributed by atoms with E-state index in [1.165, 1.54) is 0 Å². The predicted octanol–water partition coefficient (Wildman–Crippen LogP) is 2.40. The van der Waals surface area contributed by atoms with Crippen molar-refractivity contribution < 1.29 is 13.2 Å². The first-order valence-corrected chi connectivity index (χ1v) is 7.70. The fourth-order valence-corrected chi connectivity index (χ4v) is 1.92. The minimum atomic E-state index is -3.50. The Labute approximate surface area is 110 Å². The van der Waals surface area contributed by atoms with E-state index in [9.17, 15) is 13.2 Å². The molecule has 0 radical (unpaired) electrons. The number of benzene rings is 1. The normalized spacial score (nSPS) is 15.7. The SMILES string of the molecule is CS(=O)(=O)C(Br)(I)C(=O)c1ccccc1. The molecule has 0 aliphatic heterocycles. The third-order valence-electron chi connectivity index (χ3n) is 1.77. The molecule has 1 aromatic carbocycles. The van der Waals surface area contributed by atoms with Gasteiger partial charge in [-0.2, -0.15) is 0 Å². The van der Waals surface area contributed by atoms with Gasteiger partial charge in [-0.3, -0.25) is 4.79 Å². The second kappa shape index (κ2) is 4.50. The summed E-state index contributed by atoms with van der Waals surface area (Å²) in [5, 5.41) is 0. The Balaban J connectivity index is 3.17. The lowest BCUT2D eigenvalue weighted by molar-refractivity contribution is 0.101. The molecule has 0 saturated heterocycles. The van der Waals surface area contributed by atoms with Crippen molar-refractivity contribution in [2.24, 2.45) is 0 Å². The van der Waals surface area contributed by atoms with Crippen LogP contribution in [0.25, 0.3) is 0 Å². The van der Waals surface area contributed by atoms with E-state index in [-0.39, 0.29) is 0 Å². The molecule has 3 nitrogen and oxygen atoms in total.